The Hall–Kier alpha value is -0.591. The summed E-state index contributed by atoms with van der Waals surface area (Å²) >= 11 is 0.433. The minimum absolute atomic E-state index is 0.278. The van der Waals surface area contributed by atoms with E-state index in [1.807, 2.05) is 6.07 Å². The molecular formula is C13H16OSe. The quantitative estimate of drug-likeness (QED) is 0.767. The molecule has 15 heavy (non-hydrogen) atoms. The second kappa shape index (κ2) is 4.11. The molecule has 0 spiro atoms. The van der Waals surface area contributed by atoms with Crippen molar-refractivity contribution in [2.45, 2.75) is 31.0 Å². The minimum atomic E-state index is 0.278. The second-order valence-corrected chi connectivity index (χ2v) is 7.80. The van der Waals surface area contributed by atoms with Crippen molar-refractivity contribution in [2.24, 2.45) is 5.92 Å². The maximum absolute atomic E-state index is 11.4. The zero-order chi connectivity index (χ0) is 10.9. The fourth-order valence-corrected chi connectivity index (χ4v) is 5.31. The summed E-state index contributed by atoms with van der Waals surface area (Å²) in [7, 11) is 0. The summed E-state index contributed by atoms with van der Waals surface area (Å²) in [5, 5.41) is 0. The third kappa shape index (κ3) is 2.16. The van der Waals surface area contributed by atoms with Gasteiger partial charge >= 0.3 is 97.2 Å². The summed E-state index contributed by atoms with van der Waals surface area (Å²) in [5.74, 6) is 0.694. The van der Waals surface area contributed by atoms with E-state index in [9.17, 15) is 4.79 Å². The van der Waals surface area contributed by atoms with Gasteiger partial charge in [-0.2, -0.15) is 0 Å². The average Bonchev–Trinajstić information content (AvgIpc) is 2.17. The average molecular weight is 267 g/mol. The van der Waals surface area contributed by atoms with Gasteiger partial charge in [0.05, 0.1) is 0 Å². The molecule has 0 heterocycles. The number of hydrogen-bond donors (Lipinski definition) is 0. The number of hydrogen-bond acceptors (Lipinski definition) is 1. The van der Waals surface area contributed by atoms with Crippen LogP contribution in [-0.4, -0.2) is 20.7 Å². The number of benzene rings is 1. The van der Waals surface area contributed by atoms with Crippen LogP contribution in [0.5, 0.6) is 0 Å². The number of Topliss-reactive ketones (excluding diaryl/α,β-unsaturated/α-hetero) is 1. The van der Waals surface area contributed by atoms with Gasteiger partial charge < -0.3 is 0 Å². The Morgan fingerprint density at radius 1 is 1.40 bits per heavy atom. The first-order chi connectivity index (χ1) is 7.12. The molecule has 0 aromatic heterocycles. The van der Waals surface area contributed by atoms with Crippen LogP contribution in [0.1, 0.15) is 26.7 Å². The Morgan fingerprint density at radius 3 is 2.53 bits per heavy atom. The number of rotatable bonds is 3. The molecule has 0 unspecified atom stereocenters. The molecule has 1 aromatic rings. The van der Waals surface area contributed by atoms with Crippen LogP contribution in [0.3, 0.4) is 0 Å². The van der Waals surface area contributed by atoms with Gasteiger partial charge in [0.2, 0.25) is 0 Å². The fraction of sp³-hybridized carbons (Fsp3) is 0.462. The number of carbonyl (C=O) groups is 1. The van der Waals surface area contributed by atoms with E-state index in [0.29, 0.717) is 26.7 Å². The van der Waals surface area contributed by atoms with Crippen molar-refractivity contribution in [1.29, 1.82) is 0 Å². The van der Waals surface area contributed by atoms with Crippen molar-refractivity contribution in [2.75, 3.05) is 0 Å². The molecule has 2 atom stereocenters. The molecule has 0 saturated heterocycles. The molecule has 0 N–H and O–H groups in total. The topological polar surface area (TPSA) is 17.1 Å². The molecule has 1 saturated carbocycles. The van der Waals surface area contributed by atoms with Crippen LogP contribution in [0.4, 0.5) is 0 Å². The zero-order valence-corrected chi connectivity index (χ0v) is 10.9. The molecule has 1 aromatic carbocycles. The summed E-state index contributed by atoms with van der Waals surface area (Å²) in [6.45, 7) is 4.01. The van der Waals surface area contributed by atoms with Crippen molar-refractivity contribution in [3.63, 3.8) is 0 Å². The standard InChI is InChI=1S/C13H16OSe/c1-10(14)12-8-9-13(12,2)15-11-6-4-3-5-7-11/h3-7,12H,8-9H2,1-2H3/t12-,13+/m0/s1. The van der Waals surface area contributed by atoms with Crippen LogP contribution >= 0.6 is 0 Å². The first kappa shape index (κ1) is 10.9. The van der Waals surface area contributed by atoms with E-state index < -0.39 is 0 Å². The monoisotopic (exact) mass is 268 g/mol. The van der Waals surface area contributed by atoms with Crippen molar-refractivity contribution < 1.29 is 4.79 Å². The molecule has 1 fully saturated rings. The summed E-state index contributed by atoms with van der Waals surface area (Å²) in [6.07, 6.45) is 2.31. The molecule has 1 aliphatic rings. The number of carbonyl (C=O) groups excluding carboxylic acids is 1. The van der Waals surface area contributed by atoms with Gasteiger partial charge in [-0.1, -0.05) is 0 Å². The Bertz CT molecular complexity index is 360. The van der Waals surface area contributed by atoms with Crippen LogP contribution in [-0.2, 0) is 4.79 Å². The molecule has 1 aliphatic carbocycles. The van der Waals surface area contributed by atoms with Crippen molar-refractivity contribution >= 4 is 25.2 Å². The fourth-order valence-electron chi connectivity index (χ4n) is 2.21. The van der Waals surface area contributed by atoms with E-state index in [-0.39, 0.29) is 4.31 Å². The molecule has 0 radical (unpaired) electrons. The van der Waals surface area contributed by atoms with Crippen LogP contribution in [0.15, 0.2) is 30.3 Å². The molecular weight excluding hydrogens is 251 g/mol. The molecule has 2 rings (SSSR count). The molecule has 0 aliphatic heterocycles. The first-order valence-corrected chi connectivity index (χ1v) is 7.08. The molecule has 2 heteroatoms. The predicted molar refractivity (Wildman–Crippen MR) is 63.6 cm³/mol. The number of ketones is 1. The summed E-state index contributed by atoms with van der Waals surface area (Å²) in [5.41, 5.74) is 0. The normalized spacial score (nSPS) is 29.6. The van der Waals surface area contributed by atoms with Crippen LogP contribution in [0.2, 0.25) is 4.31 Å². The van der Waals surface area contributed by atoms with Gasteiger partial charge in [0.25, 0.3) is 0 Å². The van der Waals surface area contributed by atoms with E-state index in [0.717, 1.165) is 6.42 Å². The van der Waals surface area contributed by atoms with E-state index in [4.69, 9.17) is 0 Å². The molecule has 1 nitrogen and oxygen atoms in total. The van der Waals surface area contributed by atoms with E-state index >= 15 is 0 Å². The molecule has 80 valence electrons. The Labute approximate surface area is 97.4 Å². The van der Waals surface area contributed by atoms with E-state index in [2.05, 4.69) is 31.2 Å². The molecule has 0 bridgehead atoms. The van der Waals surface area contributed by atoms with Crippen LogP contribution in [0, 0.1) is 5.92 Å². The van der Waals surface area contributed by atoms with Gasteiger partial charge in [-0.3, -0.25) is 0 Å². The van der Waals surface area contributed by atoms with Gasteiger partial charge in [-0.25, -0.2) is 0 Å². The third-order valence-corrected chi connectivity index (χ3v) is 6.32. The van der Waals surface area contributed by atoms with Gasteiger partial charge in [0.1, 0.15) is 0 Å². The zero-order valence-electron chi connectivity index (χ0n) is 9.19. The van der Waals surface area contributed by atoms with Gasteiger partial charge in [0.15, 0.2) is 0 Å². The predicted octanol–water partition coefficient (Wildman–Crippen LogP) is 2.19. The Balaban J connectivity index is 2.09. The second-order valence-electron chi connectivity index (χ2n) is 4.43. The SMILES string of the molecule is CC(=O)[C@@H]1CC[C@@]1(C)[Se]c1ccccc1. The van der Waals surface area contributed by atoms with E-state index in [1.165, 1.54) is 10.9 Å². The Kier molecular flexibility index (Phi) is 2.99. The third-order valence-electron chi connectivity index (χ3n) is 3.25. The van der Waals surface area contributed by atoms with Crippen molar-refractivity contribution in [3.05, 3.63) is 30.3 Å². The van der Waals surface area contributed by atoms with Crippen LogP contribution in [0.25, 0.3) is 0 Å². The Morgan fingerprint density at radius 2 is 2.07 bits per heavy atom. The first-order valence-electron chi connectivity index (χ1n) is 5.36. The van der Waals surface area contributed by atoms with E-state index in [1.54, 1.807) is 6.92 Å². The van der Waals surface area contributed by atoms with Gasteiger partial charge in [0, 0.05) is 0 Å². The van der Waals surface area contributed by atoms with Crippen molar-refractivity contribution in [3.8, 4) is 0 Å². The van der Waals surface area contributed by atoms with Gasteiger partial charge in [-0.15, -0.1) is 0 Å². The summed E-state index contributed by atoms with van der Waals surface area (Å²) in [6, 6.07) is 10.6. The summed E-state index contributed by atoms with van der Waals surface area (Å²) < 4.78 is 1.69. The van der Waals surface area contributed by atoms with Crippen molar-refractivity contribution in [1.82, 2.24) is 0 Å². The van der Waals surface area contributed by atoms with Gasteiger partial charge in [-0.05, 0) is 0 Å². The molecule has 0 amide bonds. The maximum atomic E-state index is 11.4. The summed E-state index contributed by atoms with van der Waals surface area (Å²) in [4.78, 5) is 11.4. The van der Waals surface area contributed by atoms with Crippen LogP contribution < -0.4 is 4.46 Å².